The molecule has 0 saturated heterocycles. The fourth-order valence-corrected chi connectivity index (χ4v) is 2.62. The van der Waals surface area contributed by atoms with E-state index in [0.29, 0.717) is 4.48 Å². The van der Waals surface area contributed by atoms with E-state index in [4.69, 9.17) is 0 Å². The number of benzene rings is 1. The number of carbonyl (C=O) groups excluding carboxylic acids is 1. The lowest BCUT2D eigenvalue weighted by Crippen LogP contribution is -1.97. The first-order valence-electron chi connectivity index (χ1n) is 4.34. The predicted molar refractivity (Wildman–Crippen MR) is 78.8 cm³/mol. The maximum atomic E-state index is 11.2. The smallest absolute Gasteiger partial charge is 0.230 e. The van der Waals surface area contributed by atoms with Gasteiger partial charge in [-0.25, -0.2) is 0 Å². The molecule has 1 aromatic rings. The van der Waals surface area contributed by atoms with Gasteiger partial charge < -0.3 is 0 Å². The number of rotatable bonds is 3. The molecule has 0 N–H and O–H groups in total. The van der Waals surface area contributed by atoms with Crippen LogP contribution in [0.4, 0.5) is 0 Å². The summed E-state index contributed by atoms with van der Waals surface area (Å²) in [5, 5.41) is 0. The van der Waals surface area contributed by atoms with Gasteiger partial charge in [0.2, 0.25) is 3.79 Å². The van der Waals surface area contributed by atoms with Gasteiger partial charge in [-0.3, -0.25) is 4.79 Å². The van der Waals surface area contributed by atoms with E-state index in [-0.39, 0.29) is 9.71 Å². The molecule has 0 aliphatic carbocycles. The Balaban J connectivity index is 3.01. The van der Waals surface area contributed by atoms with Gasteiger partial charge in [-0.15, -0.1) is 0 Å². The topological polar surface area (TPSA) is 17.1 Å². The summed E-state index contributed by atoms with van der Waals surface area (Å²) in [7, 11) is 0. The van der Waals surface area contributed by atoms with Crippen LogP contribution in [0.2, 0.25) is 0 Å². The highest BCUT2D eigenvalue weighted by molar-refractivity contribution is 14.1. The van der Waals surface area contributed by atoms with E-state index in [1.165, 1.54) is 5.56 Å². The van der Waals surface area contributed by atoms with Crippen LogP contribution in [0.5, 0.6) is 0 Å². The van der Waals surface area contributed by atoms with Crippen LogP contribution in [0.1, 0.15) is 18.4 Å². The van der Waals surface area contributed by atoms with E-state index in [1.807, 2.05) is 30.3 Å². The molecule has 1 nitrogen and oxygen atoms in total. The largest absolute Gasteiger partial charge is 0.282 e. The van der Waals surface area contributed by atoms with Gasteiger partial charge in [0.15, 0.2) is 0 Å². The second-order valence-corrected chi connectivity index (χ2v) is 5.70. The number of allylic oxidation sites excluding steroid dienone is 2. The van der Waals surface area contributed by atoms with Crippen LogP contribution in [0, 0.1) is 0 Å². The van der Waals surface area contributed by atoms with E-state index < -0.39 is 0 Å². The Morgan fingerprint density at radius 3 is 2.27 bits per heavy atom. The molecule has 1 aromatic carbocycles. The Morgan fingerprint density at radius 2 is 1.80 bits per heavy atom. The van der Waals surface area contributed by atoms with Crippen molar-refractivity contribution in [2.75, 3.05) is 0 Å². The summed E-state index contributed by atoms with van der Waals surface area (Å²) in [5.74, 6) is 0.180. The molecule has 0 bridgehead atoms. The van der Waals surface area contributed by atoms with Crippen LogP contribution in [-0.2, 0) is 4.79 Å². The number of hydrogen-bond acceptors (Lipinski definition) is 1. The van der Waals surface area contributed by atoms with E-state index in [1.54, 1.807) is 22.6 Å². The molecule has 0 aromatic heterocycles. The Morgan fingerprint density at radius 1 is 1.27 bits per heavy atom. The van der Waals surface area contributed by atoms with Gasteiger partial charge >= 0.3 is 0 Å². The van der Waals surface area contributed by atoms with Crippen LogP contribution in [0.15, 0.2) is 39.3 Å². The Hall–Kier alpha value is 0.320. The molecular formula is C11H9Br2IO. The van der Waals surface area contributed by atoms with Crippen LogP contribution in [0.3, 0.4) is 0 Å². The van der Waals surface area contributed by atoms with Crippen molar-refractivity contribution >= 4 is 58.2 Å². The summed E-state index contributed by atoms with van der Waals surface area (Å²) in [6.45, 7) is 2.06. The zero-order valence-electron chi connectivity index (χ0n) is 8.01. The maximum Gasteiger partial charge on any atom is 0.230 e. The number of carbonyl (C=O) groups is 1. The van der Waals surface area contributed by atoms with Gasteiger partial charge in [0.25, 0.3) is 0 Å². The molecule has 0 fully saturated rings. The van der Waals surface area contributed by atoms with Crippen LogP contribution < -0.4 is 0 Å². The van der Waals surface area contributed by atoms with Crippen molar-refractivity contribution in [1.82, 2.24) is 0 Å². The van der Waals surface area contributed by atoms with Gasteiger partial charge in [0, 0.05) is 33.0 Å². The SMILES string of the molecule is CC(/C(Br)=C(/Br)C(=O)I)c1ccccc1. The molecule has 1 unspecified atom stereocenters. The van der Waals surface area contributed by atoms with Crippen molar-refractivity contribution in [3.63, 3.8) is 0 Å². The van der Waals surface area contributed by atoms with Crippen LogP contribution in [-0.4, -0.2) is 3.79 Å². The molecule has 4 heteroatoms. The predicted octanol–water partition coefficient (Wildman–Crippen LogP) is 4.75. The van der Waals surface area contributed by atoms with E-state index in [2.05, 4.69) is 38.8 Å². The monoisotopic (exact) mass is 442 g/mol. The van der Waals surface area contributed by atoms with Crippen molar-refractivity contribution in [1.29, 1.82) is 0 Å². The molecular weight excluding hydrogens is 435 g/mol. The molecule has 0 heterocycles. The summed E-state index contributed by atoms with van der Waals surface area (Å²) in [6, 6.07) is 10.1. The van der Waals surface area contributed by atoms with Crippen molar-refractivity contribution < 1.29 is 4.79 Å². The van der Waals surface area contributed by atoms with Gasteiger partial charge in [-0.1, -0.05) is 53.2 Å². The minimum Gasteiger partial charge on any atom is -0.282 e. The summed E-state index contributed by atoms with van der Waals surface area (Å²) in [6.07, 6.45) is 0. The third-order valence-corrected chi connectivity index (χ3v) is 5.75. The Bertz CT molecular complexity index is 387. The quantitative estimate of drug-likeness (QED) is 0.374. The first kappa shape index (κ1) is 13.4. The lowest BCUT2D eigenvalue weighted by Gasteiger charge is -2.12. The van der Waals surface area contributed by atoms with E-state index in [9.17, 15) is 4.79 Å². The van der Waals surface area contributed by atoms with Crippen molar-refractivity contribution in [2.24, 2.45) is 0 Å². The van der Waals surface area contributed by atoms with Gasteiger partial charge in [0.05, 0.1) is 4.48 Å². The normalized spacial score (nSPS) is 14.4. The number of halogens is 3. The van der Waals surface area contributed by atoms with Gasteiger partial charge in [-0.05, 0) is 21.5 Å². The second kappa shape index (κ2) is 6.15. The van der Waals surface area contributed by atoms with Crippen molar-refractivity contribution in [2.45, 2.75) is 12.8 Å². The van der Waals surface area contributed by atoms with Crippen LogP contribution >= 0.6 is 54.5 Å². The molecule has 0 spiro atoms. The molecule has 80 valence electrons. The first-order valence-corrected chi connectivity index (χ1v) is 7.00. The second-order valence-electron chi connectivity index (χ2n) is 3.07. The third-order valence-electron chi connectivity index (χ3n) is 2.06. The molecule has 0 amide bonds. The maximum absolute atomic E-state index is 11.2. The Kier molecular flexibility index (Phi) is 5.49. The molecule has 1 rings (SSSR count). The van der Waals surface area contributed by atoms with E-state index >= 15 is 0 Å². The van der Waals surface area contributed by atoms with E-state index in [0.717, 1.165) is 4.48 Å². The average molecular weight is 444 g/mol. The summed E-state index contributed by atoms with van der Waals surface area (Å²) in [4.78, 5) is 11.2. The molecule has 15 heavy (non-hydrogen) atoms. The highest BCUT2D eigenvalue weighted by Crippen LogP contribution is 2.34. The third kappa shape index (κ3) is 3.67. The minimum absolute atomic E-state index is 0.00209. The number of hydrogen-bond donors (Lipinski definition) is 0. The molecule has 0 radical (unpaired) electrons. The highest BCUT2D eigenvalue weighted by atomic mass is 127. The molecule has 0 aliphatic rings. The Labute approximate surface area is 120 Å². The zero-order valence-corrected chi connectivity index (χ0v) is 13.3. The molecule has 0 aliphatic heterocycles. The fraction of sp³-hybridized carbons (Fsp3) is 0.182. The molecule has 0 saturated carbocycles. The highest BCUT2D eigenvalue weighted by Gasteiger charge is 2.15. The summed E-state index contributed by atoms with van der Waals surface area (Å²) in [5.41, 5.74) is 1.18. The van der Waals surface area contributed by atoms with Crippen LogP contribution in [0.25, 0.3) is 0 Å². The van der Waals surface area contributed by atoms with Crippen molar-refractivity contribution in [3.05, 3.63) is 44.9 Å². The lowest BCUT2D eigenvalue weighted by molar-refractivity contribution is -0.105. The van der Waals surface area contributed by atoms with Crippen molar-refractivity contribution in [3.8, 4) is 0 Å². The standard InChI is InChI=1S/C11H9Br2IO/c1-7(8-5-3-2-4-6-8)9(12)10(13)11(14)15/h2-7H,1H3/b10-9-. The molecule has 1 atom stereocenters. The first-order chi connectivity index (χ1) is 7.04. The zero-order chi connectivity index (χ0) is 11.4. The summed E-state index contributed by atoms with van der Waals surface area (Å²) < 4.78 is 1.48. The fourth-order valence-electron chi connectivity index (χ4n) is 1.17. The average Bonchev–Trinajstić information content (AvgIpc) is 2.27. The lowest BCUT2D eigenvalue weighted by atomic mass is 10.0. The minimum atomic E-state index is 0.00209. The summed E-state index contributed by atoms with van der Waals surface area (Å²) >= 11 is 8.50. The van der Waals surface area contributed by atoms with Gasteiger partial charge in [0.1, 0.15) is 0 Å². The van der Waals surface area contributed by atoms with Gasteiger partial charge in [-0.2, -0.15) is 0 Å².